The lowest BCUT2D eigenvalue weighted by Crippen LogP contribution is -2.06. The number of nitrogens with zero attached hydrogens (tertiary/aromatic N) is 2. The first kappa shape index (κ1) is 19.7. The number of benzene rings is 3. The second-order valence-electron chi connectivity index (χ2n) is 7.41. The third-order valence-corrected chi connectivity index (χ3v) is 5.49. The second-order valence-corrected chi connectivity index (χ2v) is 7.41. The monoisotopic (exact) mass is 420 g/mol. The minimum atomic E-state index is -0.466. The summed E-state index contributed by atoms with van der Waals surface area (Å²) in [5, 5.41) is 1.84. The highest BCUT2D eigenvalue weighted by molar-refractivity contribution is 6.17. The lowest BCUT2D eigenvalue weighted by atomic mass is 10.00. The molecule has 0 spiro atoms. The van der Waals surface area contributed by atoms with E-state index in [0.717, 1.165) is 16.3 Å². The summed E-state index contributed by atoms with van der Waals surface area (Å²) >= 11 is 0. The van der Waals surface area contributed by atoms with Gasteiger partial charge in [-0.1, -0.05) is 72.8 Å². The number of rotatable bonds is 5. The zero-order valence-electron chi connectivity index (χ0n) is 17.5. The summed E-state index contributed by atoms with van der Waals surface area (Å²) in [5.74, 6) is -0.645. The fourth-order valence-electron chi connectivity index (χ4n) is 3.97. The quantitative estimate of drug-likeness (QED) is 0.276. The van der Waals surface area contributed by atoms with Gasteiger partial charge < -0.3 is 4.74 Å². The first-order valence-electron chi connectivity index (χ1n) is 10.4. The lowest BCUT2D eigenvalue weighted by Gasteiger charge is -2.07. The van der Waals surface area contributed by atoms with Crippen LogP contribution in [0.3, 0.4) is 0 Å². The summed E-state index contributed by atoms with van der Waals surface area (Å²) < 4.78 is 6.94. The number of ketones is 1. The summed E-state index contributed by atoms with van der Waals surface area (Å²) in [6.45, 7) is 2.01. The Morgan fingerprint density at radius 3 is 2.44 bits per heavy atom. The average molecular weight is 420 g/mol. The molecular formula is C27H20N2O3. The molecule has 32 heavy (non-hydrogen) atoms. The summed E-state index contributed by atoms with van der Waals surface area (Å²) in [7, 11) is 0. The highest BCUT2D eigenvalue weighted by Gasteiger charge is 2.23. The molecule has 156 valence electrons. The maximum absolute atomic E-state index is 13.6. The summed E-state index contributed by atoms with van der Waals surface area (Å²) in [4.78, 5) is 30.9. The summed E-state index contributed by atoms with van der Waals surface area (Å²) in [6.07, 6.45) is 1.60. The van der Waals surface area contributed by atoms with Crippen LogP contribution in [0.25, 0.3) is 27.5 Å². The Balaban J connectivity index is 1.71. The van der Waals surface area contributed by atoms with Crippen molar-refractivity contribution in [3.8, 4) is 11.3 Å². The molecule has 5 nitrogen and oxygen atoms in total. The molecule has 0 saturated carbocycles. The largest absolute Gasteiger partial charge is 0.462 e. The highest BCUT2D eigenvalue weighted by Crippen LogP contribution is 2.27. The molecule has 0 unspecified atom stereocenters. The molecule has 0 bridgehead atoms. The maximum atomic E-state index is 13.6. The minimum absolute atomic E-state index is 0.179. The van der Waals surface area contributed by atoms with Gasteiger partial charge in [0.2, 0.25) is 5.78 Å². The number of esters is 1. The predicted octanol–water partition coefficient (Wildman–Crippen LogP) is 5.56. The molecule has 0 amide bonds. The minimum Gasteiger partial charge on any atom is -0.462 e. The van der Waals surface area contributed by atoms with E-state index in [9.17, 15) is 9.59 Å². The van der Waals surface area contributed by atoms with Gasteiger partial charge in [-0.05, 0) is 29.8 Å². The van der Waals surface area contributed by atoms with Crippen molar-refractivity contribution in [2.75, 3.05) is 6.61 Å². The average Bonchev–Trinajstić information content (AvgIpc) is 3.23. The molecule has 0 atom stereocenters. The Morgan fingerprint density at radius 1 is 0.875 bits per heavy atom. The Labute approximate surface area is 184 Å². The van der Waals surface area contributed by atoms with Crippen molar-refractivity contribution in [2.45, 2.75) is 6.92 Å². The number of carbonyl (C=O) groups excluding carboxylic acids is 2. The van der Waals surface area contributed by atoms with Gasteiger partial charge in [-0.3, -0.25) is 9.20 Å². The van der Waals surface area contributed by atoms with Crippen molar-refractivity contribution in [1.29, 1.82) is 0 Å². The van der Waals surface area contributed by atoms with Crippen LogP contribution in [-0.2, 0) is 4.74 Å². The standard InChI is InChI=1S/C27H20N2O3/c1-2-32-27(31)22-15-25(26(30)21-14-8-12-18-9-6-7-13-20(18)21)29-17-28-23(16-24(22)29)19-10-4-3-5-11-19/h3-17H,2H2,1H3. The first-order chi connectivity index (χ1) is 15.7. The van der Waals surface area contributed by atoms with Crippen LogP contribution in [0.5, 0.6) is 0 Å². The zero-order valence-corrected chi connectivity index (χ0v) is 17.5. The molecular weight excluding hydrogens is 400 g/mol. The van der Waals surface area contributed by atoms with Gasteiger partial charge in [0, 0.05) is 11.1 Å². The van der Waals surface area contributed by atoms with Crippen molar-refractivity contribution in [1.82, 2.24) is 9.38 Å². The van der Waals surface area contributed by atoms with Crippen molar-refractivity contribution in [3.05, 3.63) is 108 Å². The number of hydrogen-bond acceptors (Lipinski definition) is 4. The van der Waals surface area contributed by atoms with Crippen molar-refractivity contribution < 1.29 is 14.3 Å². The molecule has 0 N–H and O–H groups in total. The number of ether oxygens (including phenoxy) is 1. The number of hydrogen-bond donors (Lipinski definition) is 0. The fraction of sp³-hybridized carbons (Fsp3) is 0.0741. The Morgan fingerprint density at radius 2 is 1.62 bits per heavy atom. The van der Waals surface area contributed by atoms with E-state index < -0.39 is 5.97 Å². The number of carbonyl (C=O) groups is 2. The van der Waals surface area contributed by atoms with E-state index in [4.69, 9.17) is 4.74 Å². The number of aromatic nitrogens is 2. The van der Waals surface area contributed by atoms with Crippen molar-refractivity contribution in [2.24, 2.45) is 0 Å². The molecule has 5 heteroatoms. The topological polar surface area (TPSA) is 60.7 Å². The Hall–Kier alpha value is -4.25. The molecule has 2 aromatic heterocycles. The Bertz CT molecular complexity index is 1460. The van der Waals surface area contributed by atoms with E-state index in [2.05, 4.69) is 4.98 Å². The molecule has 0 saturated heterocycles. The van der Waals surface area contributed by atoms with E-state index in [1.165, 1.54) is 0 Å². The van der Waals surface area contributed by atoms with Crippen LogP contribution < -0.4 is 0 Å². The highest BCUT2D eigenvalue weighted by atomic mass is 16.5. The second kappa shape index (κ2) is 8.12. The van der Waals surface area contributed by atoms with Gasteiger partial charge in [0.15, 0.2) is 0 Å². The molecule has 0 aliphatic rings. The van der Waals surface area contributed by atoms with Gasteiger partial charge in [-0.2, -0.15) is 0 Å². The molecule has 0 fully saturated rings. The van der Waals surface area contributed by atoms with E-state index >= 15 is 0 Å². The van der Waals surface area contributed by atoms with Gasteiger partial charge in [0.1, 0.15) is 6.33 Å². The van der Waals surface area contributed by atoms with Gasteiger partial charge in [-0.25, -0.2) is 9.78 Å². The van der Waals surface area contributed by atoms with Crippen LogP contribution >= 0.6 is 0 Å². The van der Waals surface area contributed by atoms with Gasteiger partial charge in [-0.15, -0.1) is 0 Å². The smallest absolute Gasteiger partial charge is 0.340 e. The molecule has 0 radical (unpaired) electrons. The third-order valence-electron chi connectivity index (χ3n) is 5.49. The van der Waals surface area contributed by atoms with Gasteiger partial charge in [0.25, 0.3) is 0 Å². The SMILES string of the molecule is CCOC(=O)c1cc(C(=O)c2cccc3ccccc23)n2cnc(-c3ccccc3)cc12. The maximum Gasteiger partial charge on any atom is 0.340 e. The van der Waals surface area contributed by atoms with E-state index in [0.29, 0.717) is 28.0 Å². The lowest BCUT2D eigenvalue weighted by molar-refractivity contribution is 0.0529. The predicted molar refractivity (Wildman–Crippen MR) is 124 cm³/mol. The van der Waals surface area contributed by atoms with Gasteiger partial charge >= 0.3 is 5.97 Å². The molecule has 0 aliphatic carbocycles. The van der Waals surface area contributed by atoms with Crippen LogP contribution in [0.4, 0.5) is 0 Å². The van der Waals surface area contributed by atoms with Gasteiger partial charge in [0.05, 0.1) is 29.1 Å². The summed E-state index contributed by atoms with van der Waals surface area (Å²) in [5.41, 5.74) is 3.51. The van der Waals surface area contributed by atoms with Crippen molar-refractivity contribution >= 4 is 28.0 Å². The number of fused-ring (bicyclic) bond motifs is 2. The van der Waals surface area contributed by atoms with E-state index in [1.807, 2.05) is 72.8 Å². The third kappa shape index (κ3) is 3.34. The fourth-order valence-corrected chi connectivity index (χ4v) is 3.97. The molecule has 5 aromatic rings. The van der Waals surface area contributed by atoms with Crippen LogP contribution in [0.2, 0.25) is 0 Å². The first-order valence-corrected chi connectivity index (χ1v) is 10.4. The van der Waals surface area contributed by atoms with E-state index in [1.54, 1.807) is 29.8 Å². The van der Waals surface area contributed by atoms with Crippen LogP contribution in [-0.4, -0.2) is 27.7 Å². The molecule has 0 aliphatic heterocycles. The van der Waals surface area contributed by atoms with Crippen LogP contribution in [0.1, 0.15) is 33.3 Å². The normalized spacial score (nSPS) is 11.0. The Kier molecular flexibility index (Phi) is 5.00. The van der Waals surface area contributed by atoms with Crippen LogP contribution in [0, 0.1) is 0 Å². The molecule has 5 rings (SSSR count). The zero-order chi connectivity index (χ0) is 22.1. The summed E-state index contributed by atoms with van der Waals surface area (Å²) in [6, 6.07) is 26.5. The van der Waals surface area contributed by atoms with E-state index in [-0.39, 0.29) is 12.4 Å². The molecule has 3 aromatic carbocycles. The molecule has 2 heterocycles. The van der Waals surface area contributed by atoms with Crippen LogP contribution in [0.15, 0.2) is 91.3 Å². The van der Waals surface area contributed by atoms with Crippen molar-refractivity contribution in [3.63, 3.8) is 0 Å².